The molecule has 3 aliphatic heterocycles. The molecule has 22 heavy (non-hydrogen) atoms. The number of aliphatic carboxylic acids is 1. The molecule has 2 saturated heterocycles. The second-order valence-electron chi connectivity index (χ2n) is 6.14. The third-order valence-electron chi connectivity index (χ3n) is 5.05. The number of ether oxygens (including phenoxy) is 1. The van der Waals surface area contributed by atoms with Gasteiger partial charge in [-0.05, 0) is 18.1 Å². The van der Waals surface area contributed by atoms with Crippen molar-refractivity contribution in [2.45, 2.75) is 25.0 Å². The Kier molecular flexibility index (Phi) is 2.72. The summed E-state index contributed by atoms with van der Waals surface area (Å²) in [7, 11) is 0. The van der Waals surface area contributed by atoms with E-state index in [1.807, 2.05) is 37.3 Å². The molecule has 0 aliphatic carbocycles. The molecule has 5 heteroatoms. The third-order valence-corrected chi connectivity index (χ3v) is 5.05. The van der Waals surface area contributed by atoms with Gasteiger partial charge in [0, 0.05) is 5.69 Å². The summed E-state index contributed by atoms with van der Waals surface area (Å²) in [4.78, 5) is 26.2. The van der Waals surface area contributed by atoms with Crippen LogP contribution in [0, 0.1) is 11.8 Å². The third kappa shape index (κ3) is 1.57. The van der Waals surface area contributed by atoms with Gasteiger partial charge in [-0.2, -0.15) is 0 Å². The second-order valence-corrected chi connectivity index (χ2v) is 6.14. The molecule has 2 bridgehead atoms. The fraction of sp³-hybridized carbons (Fsp3) is 0.412. The van der Waals surface area contributed by atoms with Gasteiger partial charge in [-0.1, -0.05) is 37.3 Å². The lowest BCUT2D eigenvalue weighted by atomic mass is 9.77. The Morgan fingerprint density at radius 3 is 2.95 bits per heavy atom. The van der Waals surface area contributed by atoms with Gasteiger partial charge in [-0.25, -0.2) is 0 Å². The fourth-order valence-electron chi connectivity index (χ4n) is 4.06. The first-order chi connectivity index (χ1) is 10.6. The van der Waals surface area contributed by atoms with Crippen molar-refractivity contribution in [1.82, 2.24) is 0 Å². The Bertz CT molecular complexity index is 698. The summed E-state index contributed by atoms with van der Waals surface area (Å²) in [5.74, 6) is -2.50. The van der Waals surface area contributed by atoms with Crippen LogP contribution >= 0.6 is 0 Å². The maximum Gasteiger partial charge on any atom is 0.310 e. The summed E-state index contributed by atoms with van der Waals surface area (Å²) < 4.78 is 5.90. The number of carbonyl (C=O) groups is 2. The first-order valence-corrected chi connectivity index (χ1v) is 7.56. The normalized spacial score (nSPS) is 35.2. The topological polar surface area (TPSA) is 66.8 Å². The molecule has 0 unspecified atom stereocenters. The van der Waals surface area contributed by atoms with Crippen molar-refractivity contribution in [3.8, 4) is 0 Å². The van der Waals surface area contributed by atoms with E-state index in [-0.39, 0.29) is 5.91 Å². The highest BCUT2D eigenvalue weighted by molar-refractivity contribution is 6.03. The van der Waals surface area contributed by atoms with Gasteiger partial charge in [-0.15, -0.1) is 0 Å². The van der Waals surface area contributed by atoms with E-state index >= 15 is 0 Å². The van der Waals surface area contributed by atoms with Gasteiger partial charge in [0.25, 0.3) is 0 Å². The van der Waals surface area contributed by atoms with Gasteiger partial charge < -0.3 is 14.7 Å². The van der Waals surface area contributed by atoms with Crippen LogP contribution in [0.15, 0.2) is 36.4 Å². The van der Waals surface area contributed by atoms with Crippen molar-refractivity contribution in [2.24, 2.45) is 11.8 Å². The minimum atomic E-state index is -0.958. The van der Waals surface area contributed by atoms with E-state index < -0.39 is 29.5 Å². The number of amides is 1. The number of nitrogens with zero attached hydrogens (tertiary/aromatic N) is 1. The van der Waals surface area contributed by atoms with Gasteiger partial charge >= 0.3 is 5.97 Å². The van der Waals surface area contributed by atoms with Crippen LogP contribution in [0.3, 0.4) is 0 Å². The second kappa shape index (κ2) is 4.43. The summed E-state index contributed by atoms with van der Waals surface area (Å²) in [6, 6.07) is 7.76. The van der Waals surface area contributed by atoms with Gasteiger partial charge in [0.05, 0.1) is 18.6 Å². The molecule has 1 spiro atoms. The molecule has 0 aromatic heterocycles. The molecule has 1 N–H and O–H groups in total. The number of para-hydroxylation sites is 1. The minimum Gasteiger partial charge on any atom is -0.481 e. The SMILES string of the molecule is CCc1ccccc1N1C[C@@]23C=C[C@H](O2)[C@H](C(=O)O)[C@@H]3C1=O. The van der Waals surface area contributed by atoms with Crippen LogP contribution in [0.25, 0.3) is 0 Å². The van der Waals surface area contributed by atoms with E-state index in [2.05, 4.69) is 0 Å². The predicted molar refractivity (Wildman–Crippen MR) is 79.5 cm³/mol. The van der Waals surface area contributed by atoms with E-state index in [1.165, 1.54) is 0 Å². The van der Waals surface area contributed by atoms with Gasteiger partial charge in [0.15, 0.2) is 0 Å². The Labute approximate surface area is 128 Å². The smallest absolute Gasteiger partial charge is 0.310 e. The summed E-state index contributed by atoms with van der Waals surface area (Å²) in [5, 5.41) is 9.47. The number of anilines is 1. The van der Waals surface area contributed by atoms with Crippen molar-refractivity contribution < 1.29 is 19.4 Å². The van der Waals surface area contributed by atoms with E-state index in [0.717, 1.165) is 17.7 Å². The maximum atomic E-state index is 12.9. The maximum absolute atomic E-state index is 12.9. The quantitative estimate of drug-likeness (QED) is 0.861. The lowest BCUT2D eigenvalue weighted by Crippen LogP contribution is -2.39. The number of hydrogen-bond acceptors (Lipinski definition) is 3. The number of benzene rings is 1. The van der Waals surface area contributed by atoms with Crippen LogP contribution in [0.1, 0.15) is 12.5 Å². The van der Waals surface area contributed by atoms with Crippen LogP contribution in [0.4, 0.5) is 5.69 Å². The highest BCUT2D eigenvalue weighted by Gasteiger charge is 2.67. The van der Waals surface area contributed by atoms with Gasteiger partial charge in [0.1, 0.15) is 11.5 Å². The molecule has 4 rings (SSSR count). The Balaban J connectivity index is 1.77. The number of carboxylic acids is 1. The molecule has 4 atom stereocenters. The molecule has 1 aromatic rings. The van der Waals surface area contributed by atoms with Crippen LogP contribution in [-0.2, 0) is 20.7 Å². The number of aryl methyl sites for hydroxylation is 1. The lowest BCUT2D eigenvalue weighted by Gasteiger charge is -2.23. The predicted octanol–water partition coefficient (Wildman–Crippen LogP) is 1.62. The van der Waals surface area contributed by atoms with Crippen LogP contribution in [0.5, 0.6) is 0 Å². The van der Waals surface area contributed by atoms with Gasteiger partial charge in [0.2, 0.25) is 5.91 Å². The molecule has 0 radical (unpaired) electrons. The van der Waals surface area contributed by atoms with E-state index in [1.54, 1.807) is 11.0 Å². The molecular weight excluding hydrogens is 282 g/mol. The summed E-state index contributed by atoms with van der Waals surface area (Å²) in [6.45, 7) is 2.44. The molecule has 3 aliphatic rings. The first-order valence-electron chi connectivity index (χ1n) is 7.56. The Morgan fingerprint density at radius 1 is 1.45 bits per heavy atom. The number of carbonyl (C=O) groups excluding carboxylic acids is 1. The van der Waals surface area contributed by atoms with Crippen molar-refractivity contribution in [1.29, 1.82) is 0 Å². The average molecular weight is 299 g/mol. The summed E-state index contributed by atoms with van der Waals surface area (Å²) in [6.07, 6.45) is 4.01. The molecule has 1 amide bonds. The molecule has 114 valence electrons. The van der Waals surface area contributed by atoms with Crippen molar-refractivity contribution >= 4 is 17.6 Å². The molecule has 1 aromatic carbocycles. The zero-order chi connectivity index (χ0) is 15.5. The average Bonchev–Trinajstić information content (AvgIpc) is 3.15. The van der Waals surface area contributed by atoms with E-state index in [4.69, 9.17) is 4.74 Å². The van der Waals surface area contributed by atoms with Crippen LogP contribution in [0.2, 0.25) is 0 Å². The molecule has 0 saturated carbocycles. The largest absolute Gasteiger partial charge is 0.481 e. The Morgan fingerprint density at radius 2 is 2.23 bits per heavy atom. The molecule has 2 fully saturated rings. The van der Waals surface area contributed by atoms with E-state index in [9.17, 15) is 14.7 Å². The highest BCUT2D eigenvalue weighted by atomic mass is 16.5. The monoisotopic (exact) mass is 299 g/mol. The minimum absolute atomic E-state index is 0.139. The van der Waals surface area contributed by atoms with Crippen LogP contribution < -0.4 is 4.90 Å². The molecule has 5 nitrogen and oxygen atoms in total. The van der Waals surface area contributed by atoms with E-state index in [0.29, 0.717) is 6.54 Å². The van der Waals surface area contributed by atoms with Gasteiger partial charge in [-0.3, -0.25) is 9.59 Å². The molecular formula is C17H17NO4. The summed E-state index contributed by atoms with van der Waals surface area (Å²) in [5.41, 5.74) is 1.17. The Hall–Kier alpha value is -2.14. The number of fused-ring (bicyclic) bond motifs is 1. The molecule has 3 heterocycles. The zero-order valence-corrected chi connectivity index (χ0v) is 12.2. The van der Waals surface area contributed by atoms with Crippen LogP contribution in [-0.4, -0.2) is 35.2 Å². The summed E-state index contributed by atoms with van der Waals surface area (Å²) >= 11 is 0. The standard InChI is InChI=1S/C17H17NO4/c1-2-10-5-3-4-6-11(10)18-9-17-8-7-12(22-17)13(16(20)21)14(17)15(18)19/h3-8,12-14H,2,9H2,1H3,(H,20,21)/t12-,13-,14+,17+/m0/s1. The first kappa shape index (κ1) is 13.5. The number of hydrogen-bond donors (Lipinski definition) is 1. The zero-order valence-electron chi connectivity index (χ0n) is 12.2. The van der Waals surface area contributed by atoms with Crippen molar-refractivity contribution in [3.05, 3.63) is 42.0 Å². The van der Waals surface area contributed by atoms with Crippen molar-refractivity contribution in [2.75, 3.05) is 11.4 Å². The lowest BCUT2D eigenvalue weighted by molar-refractivity contribution is -0.146. The van der Waals surface area contributed by atoms with Crippen molar-refractivity contribution in [3.63, 3.8) is 0 Å². The fourth-order valence-corrected chi connectivity index (χ4v) is 4.06. The highest BCUT2D eigenvalue weighted by Crippen LogP contribution is 2.52. The number of rotatable bonds is 3. The number of carboxylic acid groups (broad SMARTS) is 1.